The minimum atomic E-state index is -3.76. The Labute approximate surface area is 172 Å². The number of piperidine rings is 1. The van der Waals surface area contributed by atoms with Gasteiger partial charge < -0.3 is 9.64 Å². The van der Waals surface area contributed by atoms with E-state index in [0.717, 1.165) is 38.4 Å². The number of amides is 1. The molecule has 3 fully saturated rings. The highest BCUT2D eigenvalue weighted by molar-refractivity contribution is 7.89. The van der Waals surface area contributed by atoms with Gasteiger partial charge >= 0.3 is 0 Å². The molecule has 0 aromatic heterocycles. The molecule has 3 aliphatic rings. The van der Waals surface area contributed by atoms with E-state index in [1.807, 2.05) is 11.8 Å². The maximum Gasteiger partial charge on any atom is 0.251 e. The van der Waals surface area contributed by atoms with Gasteiger partial charge in [0.25, 0.3) is 5.91 Å². The van der Waals surface area contributed by atoms with Crippen LogP contribution in [0.15, 0.2) is 23.1 Å². The molecule has 0 bridgehead atoms. The average Bonchev–Trinajstić information content (AvgIpc) is 3.36. The van der Waals surface area contributed by atoms with Crippen LogP contribution in [-0.2, 0) is 19.6 Å². The first-order valence-electron chi connectivity index (χ1n) is 10.5. The Hall–Kier alpha value is -1.51. The van der Waals surface area contributed by atoms with Crippen molar-refractivity contribution in [2.75, 3.05) is 26.2 Å². The molecular formula is C21H29FN2O4S. The predicted molar refractivity (Wildman–Crippen MR) is 106 cm³/mol. The summed E-state index contributed by atoms with van der Waals surface area (Å²) in [7, 11) is -3.76. The number of hydrogen-bond donors (Lipinski definition) is 0. The standard InChI is InChI=1S/C21H29FN2O4S/c1-15-5-6-17(13-18(15)22)29(26,27)24-12-9-21(16(2)14-24)8-7-19(28-21)20(25)23-10-3-4-11-23/h5-6,13,16,19H,3-4,7-12,14H2,1-2H3/t16-,19+,21-/m1/s1. The van der Waals surface area contributed by atoms with Crippen LogP contribution in [0.5, 0.6) is 0 Å². The molecule has 3 atom stereocenters. The van der Waals surface area contributed by atoms with Crippen LogP contribution >= 0.6 is 0 Å². The molecule has 1 aromatic rings. The third kappa shape index (κ3) is 3.70. The summed E-state index contributed by atoms with van der Waals surface area (Å²) in [6.07, 6.45) is 3.69. The van der Waals surface area contributed by atoms with Crippen molar-refractivity contribution in [3.8, 4) is 0 Å². The third-order valence-electron chi connectivity index (χ3n) is 6.84. The second kappa shape index (κ2) is 7.63. The lowest BCUT2D eigenvalue weighted by atomic mass is 9.81. The van der Waals surface area contributed by atoms with Crippen LogP contribution in [0, 0.1) is 18.7 Å². The first kappa shape index (κ1) is 20.8. The summed E-state index contributed by atoms with van der Waals surface area (Å²) in [4.78, 5) is 14.6. The summed E-state index contributed by atoms with van der Waals surface area (Å²) in [6.45, 7) is 5.83. The normalized spacial score (nSPS) is 30.9. The Kier molecular flexibility index (Phi) is 5.46. The third-order valence-corrected chi connectivity index (χ3v) is 8.70. The Morgan fingerprint density at radius 2 is 1.93 bits per heavy atom. The number of nitrogens with zero attached hydrogens (tertiary/aromatic N) is 2. The Morgan fingerprint density at radius 3 is 2.59 bits per heavy atom. The van der Waals surface area contributed by atoms with Gasteiger partial charge in [-0.05, 0) is 62.6 Å². The van der Waals surface area contributed by atoms with Gasteiger partial charge in [0.15, 0.2) is 0 Å². The highest BCUT2D eigenvalue weighted by atomic mass is 32.2. The summed E-state index contributed by atoms with van der Waals surface area (Å²) < 4.78 is 47.6. The number of benzene rings is 1. The lowest BCUT2D eigenvalue weighted by Crippen LogP contribution is -2.53. The van der Waals surface area contributed by atoms with Crippen molar-refractivity contribution in [3.63, 3.8) is 0 Å². The highest BCUT2D eigenvalue weighted by Gasteiger charge is 2.51. The van der Waals surface area contributed by atoms with Gasteiger partial charge in [0.05, 0.1) is 10.5 Å². The van der Waals surface area contributed by atoms with Crippen molar-refractivity contribution in [3.05, 3.63) is 29.6 Å². The molecule has 1 spiro atoms. The number of carbonyl (C=O) groups excluding carboxylic acids is 1. The molecule has 6 nitrogen and oxygen atoms in total. The molecule has 29 heavy (non-hydrogen) atoms. The van der Waals surface area contributed by atoms with E-state index in [0.29, 0.717) is 31.5 Å². The van der Waals surface area contributed by atoms with E-state index < -0.39 is 27.5 Å². The van der Waals surface area contributed by atoms with Gasteiger partial charge in [-0.25, -0.2) is 12.8 Å². The van der Waals surface area contributed by atoms with Gasteiger partial charge in [0, 0.05) is 26.2 Å². The second-order valence-electron chi connectivity index (χ2n) is 8.67. The summed E-state index contributed by atoms with van der Waals surface area (Å²) in [5.41, 5.74) is -0.0343. The molecule has 3 saturated heterocycles. The molecule has 0 unspecified atom stereocenters. The number of carbonyl (C=O) groups is 1. The Bertz CT molecular complexity index is 900. The zero-order chi connectivity index (χ0) is 20.8. The molecule has 4 rings (SSSR count). The van der Waals surface area contributed by atoms with Gasteiger partial charge in [-0.3, -0.25) is 4.79 Å². The Balaban J connectivity index is 1.45. The first-order valence-corrected chi connectivity index (χ1v) is 11.9. The van der Waals surface area contributed by atoms with Gasteiger partial charge in [-0.1, -0.05) is 13.0 Å². The fraction of sp³-hybridized carbons (Fsp3) is 0.667. The van der Waals surface area contributed by atoms with Crippen molar-refractivity contribution in [2.24, 2.45) is 5.92 Å². The van der Waals surface area contributed by atoms with Crippen LogP contribution < -0.4 is 0 Å². The molecular weight excluding hydrogens is 395 g/mol. The Morgan fingerprint density at radius 1 is 1.21 bits per heavy atom. The van der Waals surface area contributed by atoms with Crippen molar-refractivity contribution >= 4 is 15.9 Å². The molecule has 3 heterocycles. The van der Waals surface area contributed by atoms with Gasteiger partial charge in [-0.2, -0.15) is 4.31 Å². The monoisotopic (exact) mass is 424 g/mol. The van der Waals surface area contributed by atoms with E-state index in [2.05, 4.69) is 0 Å². The average molecular weight is 425 g/mol. The molecule has 0 saturated carbocycles. The zero-order valence-electron chi connectivity index (χ0n) is 17.1. The summed E-state index contributed by atoms with van der Waals surface area (Å²) in [6, 6.07) is 4.04. The predicted octanol–water partition coefficient (Wildman–Crippen LogP) is 2.70. The molecule has 160 valence electrons. The number of ether oxygens (including phenoxy) is 1. The minimum absolute atomic E-state index is 0.0156. The number of halogens is 1. The van der Waals surface area contributed by atoms with Crippen LogP contribution in [0.25, 0.3) is 0 Å². The second-order valence-corrected chi connectivity index (χ2v) is 10.6. The van der Waals surface area contributed by atoms with Crippen molar-refractivity contribution in [2.45, 2.75) is 62.6 Å². The minimum Gasteiger partial charge on any atom is -0.362 e. The molecule has 0 N–H and O–H groups in total. The summed E-state index contributed by atoms with van der Waals surface area (Å²) in [5, 5.41) is 0. The number of rotatable bonds is 3. The van der Waals surface area contributed by atoms with Crippen molar-refractivity contribution in [1.29, 1.82) is 0 Å². The van der Waals surface area contributed by atoms with E-state index in [1.54, 1.807) is 6.92 Å². The van der Waals surface area contributed by atoms with E-state index in [1.165, 1.54) is 16.4 Å². The molecule has 8 heteroatoms. The van der Waals surface area contributed by atoms with Crippen LogP contribution in [0.3, 0.4) is 0 Å². The van der Waals surface area contributed by atoms with E-state index in [4.69, 9.17) is 4.74 Å². The molecule has 0 radical (unpaired) electrons. The quantitative estimate of drug-likeness (QED) is 0.748. The summed E-state index contributed by atoms with van der Waals surface area (Å²) >= 11 is 0. The number of likely N-dealkylation sites (tertiary alicyclic amines) is 1. The number of aryl methyl sites for hydroxylation is 1. The van der Waals surface area contributed by atoms with Crippen molar-refractivity contribution in [1.82, 2.24) is 9.21 Å². The van der Waals surface area contributed by atoms with E-state index >= 15 is 0 Å². The molecule has 0 aliphatic carbocycles. The fourth-order valence-corrected chi connectivity index (χ4v) is 6.41. The molecule has 1 amide bonds. The summed E-state index contributed by atoms with van der Waals surface area (Å²) in [5.74, 6) is -0.482. The largest absolute Gasteiger partial charge is 0.362 e. The number of hydrogen-bond acceptors (Lipinski definition) is 4. The van der Waals surface area contributed by atoms with Crippen molar-refractivity contribution < 1.29 is 22.3 Å². The fourth-order valence-electron chi connectivity index (χ4n) is 4.86. The van der Waals surface area contributed by atoms with Gasteiger partial charge in [0.1, 0.15) is 11.9 Å². The lowest BCUT2D eigenvalue weighted by Gasteiger charge is -2.43. The smallest absolute Gasteiger partial charge is 0.251 e. The zero-order valence-corrected chi connectivity index (χ0v) is 17.9. The maximum absolute atomic E-state index is 13.9. The molecule has 3 aliphatic heterocycles. The van der Waals surface area contributed by atoms with E-state index in [9.17, 15) is 17.6 Å². The van der Waals surface area contributed by atoms with Crippen LogP contribution in [-0.4, -0.2) is 61.4 Å². The van der Waals surface area contributed by atoms with Crippen LogP contribution in [0.4, 0.5) is 4.39 Å². The lowest BCUT2D eigenvalue weighted by molar-refractivity contribution is -0.154. The first-order chi connectivity index (χ1) is 13.7. The van der Waals surface area contributed by atoms with Crippen LogP contribution in [0.1, 0.15) is 44.6 Å². The topological polar surface area (TPSA) is 66.9 Å². The maximum atomic E-state index is 13.9. The van der Waals surface area contributed by atoms with Gasteiger partial charge in [-0.15, -0.1) is 0 Å². The van der Waals surface area contributed by atoms with Crippen LogP contribution in [0.2, 0.25) is 0 Å². The highest BCUT2D eigenvalue weighted by Crippen LogP contribution is 2.43. The number of sulfonamides is 1. The molecule has 1 aromatic carbocycles. The van der Waals surface area contributed by atoms with E-state index in [-0.39, 0.29) is 16.7 Å². The SMILES string of the molecule is Cc1ccc(S(=O)(=O)N2CC[C@]3(CC[C@@H](C(=O)N4CCCC4)O3)[C@H](C)C2)cc1F. The van der Waals surface area contributed by atoms with Gasteiger partial charge in [0.2, 0.25) is 10.0 Å².